The minimum absolute atomic E-state index is 0. The highest BCUT2D eigenvalue weighted by atomic mass is 35.5. The number of aromatic amines is 2. The van der Waals surface area contributed by atoms with Crippen molar-refractivity contribution in [1.29, 1.82) is 0 Å². The number of thiophene rings is 1. The Hall–Kier alpha value is -2.82. The molecule has 318 valence electrons. The largest absolute Gasteiger partial charge is 0.384 e. The maximum absolute atomic E-state index is 6.40. The average molecular weight is 883 g/mol. The van der Waals surface area contributed by atoms with Gasteiger partial charge in [-0.05, 0) is 61.4 Å². The van der Waals surface area contributed by atoms with Gasteiger partial charge in [0.05, 0.1) is 31.8 Å². The Morgan fingerprint density at radius 1 is 0.491 bits per heavy atom. The molecule has 2 aromatic carbocycles. The van der Waals surface area contributed by atoms with E-state index in [1.165, 1.54) is 116 Å². The molecule has 0 saturated carbocycles. The first kappa shape index (κ1) is 52.2. The van der Waals surface area contributed by atoms with Gasteiger partial charge in [-0.2, -0.15) is 0 Å². The maximum Gasteiger partial charge on any atom is 0.148 e. The van der Waals surface area contributed by atoms with Gasteiger partial charge in [0.1, 0.15) is 23.3 Å². The number of nitrogens with one attached hydrogen (secondary N) is 2. The zero-order chi connectivity index (χ0) is 37.1. The summed E-state index contributed by atoms with van der Waals surface area (Å²) in [5, 5.41) is 0. The summed E-state index contributed by atoms with van der Waals surface area (Å²) < 4.78 is 0. The van der Waals surface area contributed by atoms with E-state index in [0.29, 0.717) is 11.7 Å². The first-order valence-electron chi connectivity index (χ1n) is 20.8. The Labute approximate surface area is 370 Å². The number of hydrogen-bond acceptors (Lipinski definition) is 5. The molecular weight excluding hydrogens is 814 g/mol. The van der Waals surface area contributed by atoms with Crippen LogP contribution in [0.5, 0.6) is 0 Å². The number of rotatable bonds is 26. The highest BCUT2D eigenvalue weighted by Crippen LogP contribution is 2.34. The van der Waals surface area contributed by atoms with Crippen molar-refractivity contribution in [2.24, 2.45) is 21.5 Å². The van der Waals surface area contributed by atoms with E-state index in [1.807, 2.05) is 24.3 Å². The molecule has 5 aromatic rings. The molecule has 0 radical (unpaired) electrons. The van der Waals surface area contributed by atoms with Crippen LogP contribution in [0.1, 0.15) is 153 Å². The Morgan fingerprint density at radius 3 is 1.18 bits per heavy atom. The van der Waals surface area contributed by atoms with Crippen molar-refractivity contribution in [3.05, 3.63) is 59.7 Å². The lowest BCUT2D eigenvalue weighted by molar-refractivity contribution is 0.558. The Balaban J connectivity index is 0.00000406. The van der Waals surface area contributed by atoms with Crippen molar-refractivity contribution in [1.82, 2.24) is 19.9 Å². The van der Waals surface area contributed by atoms with Gasteiger partial charge in [-0.25, -0.2) is 9.97 Å². The van der Waals surface area contributed by atoms with Crippen molar-refractivity contribution in [3.63, 3.8) is 0 Å². The molecule has 0 saturated heterocycles. The normalized spacial score (nSPS) is 11.6. The van der Waals surface area contributed by atoms with Crippen LogP contribution in [0.25, 0.3) is 43.5 Å². The third-order valence-corrected chi connectivity index (χ3v) is 11.3. The van der Waals surface area contributed by atoms with Gasteiger partial charge in [0.25, 0.3) is 0 Å². The number of fused-ring (bicyclic) bond motifs is 2. The summed E-state index contributed by atoms with van der Waals surface area (Å²) in [6.45, 7) is 6.09. The standard InChI is InChI=1S/C44H64N8S.4ClH/c1-3-5-7-9-11-13-15-17-19-21-29-47-41(45)33-23-25-35-37(31-33)51-43(49-35)39-27-28-40(53-39)44-50-36-26-24-34(32-38(36)52-44)42(46)48-30-22-20-18-16-14-12-10-8-6-4-2;;;;/h23-28,31-32H,3-22,29-30H2,1-2H3,(H2,45,47)(H2,46,48)(H,49,51)(H,50,52);4*1H. The van der Waals surface area contributed by atoms with Crippen LogP contribution in [0.15, 0.2) is 58.5 Å². The number of nitrogens with two attached hydrogens (primary N) is 2. The van der Waals surface area contributed by atoms with Crippen molar-refractivity contribution in [2.45, 2.75) is 142 Å². The monoisotopic (exact) mass is 880 g/mol. The summed E-state index contributed by atoms with van der Waals surface area (Å²) in [7, 11) is 0. The topological polar surface area (TPSA) is 134 Å². The molecule has 0 atom stereocenters. The van der Waals surface area contributed by atoms with Crippen LogP contribution in [0.3, 0.4) is 0 Å². The van der Waals surface area contributed by atoms with Crippen molar-refractivity contribution in [2.75, 3.05) is 13.1 Å². The number of unbranched alkanes of at least 4 members (excludes halogenated alkanes) is 18. The van der Waals surface area contributed by atoms with E-state index in [2.05, 4.69) is 58.1 Å². The zero-order valence-corrected chi connectivity index (χ0v) is 38.2. The predicted octanol–water partition coefficient (Wildman–Crippen LogP) is 13.8. The molecule has 13 heteroatoms. The summed E-state index contributed by atoms with van der Waals surface area (Å²) in [6.07, 6.45) is 26.3. The average Bonchev–Trinajstić information content (AvgIpc) is 3.94. The molecule has 3 aromatic heterocycles. The van der Waals surface area contributed by atoms with Gasteiger partial charge in [-0.15, -0.1) is 61.0 Å². The van der Waals surface area contributed by atoms with Gasteiger partial charge in [-0.1, -0.05) is 129 Å². The van der Waals surface area contributed by atoms with Crippen LogP contribution in [-0.2, 0) is 0 Å². The molecule has 3 heterocycles. The van der Waals surface area contributed by atoms with Crippen molar-refractivity contribution in [3.8, 4) is 21.4 Å². The van der Waals surface area contributed by atoms with Crippen LogP contribution in [0.4, 0.5) is 0 Å². The molecule has 0 fully saturated rings. The fourth-order valence-corrected chi connectivity index (χ4v) is 7.84. The maximum atomic E-state index is 6.40. The highest BCUT2D eigenvalue weighted by molar-refractivity contribution is 7.18. The van der Waals surface area contributed by atoms with Gasteiger partial charge in [0.2, 0.25) is 0 Å². The number of hydrogen-bond donors (Lipinski definition) is 4. The molecule has 6 N–H and O–H groups in total. The molecule has 0 bridgehead atoms. The molecule has 5 rings (SSSR count). The van der Waals surface area contributed by atoms with E-state index in [-0.39, 0.29) is 49.6 Å². The second-order valence-electron chi connectivity index (χ2n) is 14.7. The molecule has 0 aliphatic rings. The number of benzene rings is 2. The van der Waals surface area contributed by atoms with Gasteiger partial charge in [-0.3, -0.25) is 9.98 Å². The van der Waals surface area contributed by atoms with E-state index in [9.17, 15) is 0 Å². The second-order valence-corrected chi connectivity index (χ2v) is 15.8. The molecule has 0 spiro atoms. The highest BCUT2D eigenvalue weighted by Gasteiger charge is 2.14. The van der Waals surface area contributed by atoms with Gasteiger partial charge >= 0.3 is 0 Å². The number of halogens is 4. The van der Waals surface area contributed by atoms with E-state index in [1.54, 1.807) is 11.3 Å². The molecule has 0 aliphatic carbocycles. The van der Waals surface area contributed by atoms with Crippen LogP contribution in [0.2, 0.25) is 0 Å². The first-order valence-corrected chi connectivity index (χ1v) is 21.6. The van der Waals surface area contributed by atoms with Crippen molar-refractivity contribution < 1.29 is 0 Å². The lowest BCUT2D eigenvalue weighted by atomic mass is 10.1. The summed E-state index contributed by atoms with van der Waals surface area (Å²) >= 11 is 1.66. The summed E-state index contributed by atoms with van der Waals surface area (Å²) in [5.74, 6) is 2.85. The van der Waals surface area contributed by atoms with Crippen LogP contribution in [-0.4, -0.2) is 44.7 Å². The van der Waals surface area contributed by atoms with E-state index in [0.717, 1.165) is 80.5 Å². The minimum atomic E-state index is 0. The quantitative estimate of drug-likeness (QED) is 0.0250. The number of aromatic nitrogens is 4. The molecule has 0 aliphatic heterocycles. The third kappa shape index (κ3) is 17.1. The first-order chi connectivity index (χ1) is 26.1. The van der Waals surface area contributed by atoms with Crippen molar-refractivity contribution >= 4 is 94.7 Å². The molecule has 0 amide bonds. The fraction of sp³-hybridized carbons (Fsp3) is 0.545. The molecule has 8 nitrogen and oxygen atoms in total. The number of amidine groups is 2. The number of H-pyrrole nitrogens is 2. The Kier molecular flexibility index (Phi) is 26.9. The fourth-order valence-electron chi connectivity index (χ4n) is 6.94. The van der Waals surface area contributed by atoms with Gasteiger partial charge in [0, 0.05) is 24.2 Å². The molecule has 57 heavy (non-hydrogen) atoms. The Bertz CT molecular complexity index is 1750. The lowest BCUT2D eigenvalue weighted by Crippen LogP contribution is -2.13. The van der Waals surface area contributed by atoms with Crippen LogP contribution < -0.4 is 11.5 Å². The van der Waals surface area contributed by atoms with Gasteiger partial charge < -0.3 is 21.4 Å². The van der Waals surface area contributed by atoms with Crippen LogP contribution in [0, 0.1) is 0 Å². The number of imidazole rings is 2. The predicted molar refractivity (Wildman–Crippen MR) is 258 cm³/mol. The molecular formula is C44H68Cl4N8S. The smallest absolute Gasteiger partial charge is 0.148 e. The number of nitrogens with zero attached hydrogens (tertiary/aromatic N) is 4. The third-order valence-electron chi connectivity index (χ3n) is 10.2. The summed E-state index contributed by atoms with van der Waals surface area (Å²) in [5.41, 5.74) is 18.4. The van der Waals surface area contributed by atoms with E-state index in [4.69, 9.17) is 21.4 Å². The minimum Gasteiger partial charge on any atom is -0.384 e. The summed E-state index contributed by atoms with van der Waals surface area (Å²) in [6, 6.07) is 16.4. The van der Waals surface area contributed by atoms with E-state index >= 15 is 0 Å². The summed E-state index contributed by atoms with van der Waals surface area (Å²) in [4.78, 5) is 28.2. The zero-order valence-electron chi connectivity index (χ0n) is 34.2. The van der Waals surface area contributed by atoms with E-state index < -0.39 is 0 Å². The van der Waals surface area contributed by atoms with Gasteiger partial charge in [0.15, 0.2) is 0 Å². The number of aliphatic imine (C=N–C) groups is 2. The second kappa shape index (κ2) is 29.4. The lowest BCUT2D eigenvalue weighted by Gasteiger charge is -2.03. The molecule has 0 unspecified atom stereocenters. The Morgan fingerprint density at radius 2 is 0.825 bits per heavy atom. The SMILES string of the molecule is CCCCCCCCCCCCN=C(N)c1ccc2nc(-c3ccc(-c4nc5ccc(C(N)=NCCCCCCCCCCCC)cc5[nH]4)s3)[nH]c2c1.Cl.Cl.Cl.Cl. The van der Waals surface area contributed by atoms with Crippen LogP contribution >= 0.6 is 61.0 Å².